The van der Waals surface area contributed by atoms with E-state index in [9.17, 15) is 4.79 Å². The first-order chi connectivity index (χ1) is 7.84. The summed E-state index contributed by atoms with van der Waals surface area (Å²) in [7, 11) is 1.67. The molecule has 1 heterocycles. The fraction of sp³-hybridized carbons (Fsp3) is 0.500. The van der Waals surface area contributed by atoms with Crippen molar-refractivity contribution in [1.29, 1.82) is 0 Å². The van der Waals surface area contributed by atoms with Crippen molar-refractivity contribution in [2.45, 2.75) is 32.7 Å². The number of rotatable bonds is 3. The van der Waals surface area contributed by atoms with E-state index in [1.807, 2.05) is 6.92 Å². The largest absolute Gasteiger partial charge is 0.335 e. The van der Waals surface area contributed by atoms with Gasteiger partial charge in [-0.25, -0.2) is 0 Å². The van der Waals surface area contributed by atoms with E-state index in [1.54, 1.807) is 20.9 Å². The summed E-state index contributed by atoms with van der Waals surface area (Å²) in [6.07, 6.45) is 6.05. The number of hydrogen-bond donors (Lipinski definition) is 1. The molecule has 0 spiro atoms. The van der Waals surface area contributed by atoms with Crippen molar-refractivity contribution < 1.29 is 4.79 Å². The molecule has 0 saturated heterocycles. The molecule has 1 rings (SSSR count). The number of carbonyl (C=O) groups excluding carboxylic acids is 1. The quantitative estimate of drug-likeness (QED) is 0.837. The molecule has 1 aromatic heterocycles. The van der Waals surface area contributed by atoms with Crippen molar-refractivity contribution in [1.82, 2.24) is 15.1 Å². The molecule has 92 valence electrons. The van der Waals surface area contributed by atoms with Gasteiger partial charge >= 0.3 is 0 Å². The molecule has 0 aliphatic rings. The highest BCUT2D eigenvalue weighted by atomic mass is 35.5. The zero-order valence-electron chi connectivity index (χ0n) is 10.5. The highest BCUT2D eigenvalue weighted by molar-refractivity contribution is 6.34. The summed E-state index contributed by atoms with van der Waals surface area (Å²) in [5.41, 5.74) is 0.288. The third-order valence-corrected chi connectivity index (χ3v) is 3.23. The molecule has 1 atom stereocenters. The lowest BCUT2D eigenvalue weighted by molar-refractivity contribution is 0.0914. The van der Waals surface area contributed by atoms with E-state index in [-0.39, 0.29) is 5.91 Å². The molecule has 0 aliphatic heterocycles. The van der Waals surface area contributed by atoms with E-state index >= 15 is 0 Å². The molecular weight excluding hydrogens is 238 g/mol. The Balaban J connectivity index is 3.03. The van der Waals surface area contributed by atoms with Crippen LogP contribution in [0, 0.1) is 19.3 Å². The minimum atomic E-state index is -0.668. The van der Waals surface area contributed by atoms with Crippen molar-refractivity contribution in [2.75, 3.05) is 0 Å². The first-order valence-electron chi connectivity index (χ1n) is 5.34. The number of terminal acetylenes is 1. The molecule has 0 bridgehead atoms. The highest BCUT2D eigenvalue weighted by Gasteiger charge is 2.26. The Labute approximate surface area is 106 Å². The van der Waals surface area contributed by atoms with Gasteiger partial charge in [-0.2, -0.15) is 5.10 Å². The maximum Gasteiger partial charge on any atom is 0.272 e. The minimum Gasteiger partial charge on any atom is -0.335 e. The van der Waals surface area contributed by atoms with Gasteiger partial charge in [-0.1, -0.05) is 24.4 Å². The Morgan fingerprint density at radius 2 is 2.29 bits per heavy atom. The van der Waals surface area contributed by atoms with Crippen molar-refractivity contribution >= 4 is 17.5 Å². The van der Waals surface area contributed by atoms with Gasteiger partial charge < -0.3 is 5.32 Å². The number of aromatic nitrogens is 2. The Bertz CT molecular complexity index is 487. The van der Waals surface area contributed by atoms with Crippen LogP contribution in [0.4, 0.5) is 0 Å². The summed E-state index contributed by atoms with van der Waals surface area (Å²) in [5, 5.41) is 7.23. The van der Waals surface area contributed by atoms with Gasteiger partial charge in [-0.3, -0.25) is 9.48 Å². The summed E-state index contributed by atoms with van der Waals surface area (Å²) >= 11 is 6.03. The normalized spacial score (nSPS) is 13.9. The standard InChI is InChI=1S/C12H16ClN3O/c1-6-12(4,7-2)14-11(17)10-9(13)8(3)15-16(10)5/h1H,7H2,2-5H3,(H,14,17). The van der Waals surface area contributed by atoms with Crippen LogP contribution >= 0.6 is 11.6 Å². The first kappa shape index (κ1) is 13.6. The van der Waals surface area contributed by atoms with Gasteiger partial charge in [0.05, 0.1) is 16.3 Å². The minimum absolute atomic E-state index is 0.305. The van der Waals surface area contributed by atoms with E-state index < -0.39 is 5.54 Å². The lowest BCUT2D eigenvalue weighted by Crippen LogP contribution is -2.44. The number of aryl methyl sites for hydroxylation is 2. The van der Waals surface area contributed by atoms with Crippen LogP contribution in [0.25, 0.3) is 0 Å². The Morgan fingerprint density at radius 3 is 2.65 bits per heavy atom. The molecule has 1 aromatic rings. The Hall–Kier alpha value is -1.47. The van der Waals surface area contributed by atoms with Gasteiger partial charge in [0.2, 0.25) is 0 Å². The molecule has 0 aromatic carbocycles. The lowest BCUT2D eigenvalue weighted by atomic mass is 10.00. The summed E-state index contributed by atoms with van der Waals surface area (Å²) in [4.78, 5) is 12.1. The number of carbonyl (C=O) groups is 1. The number of amides is 1. The van der Waals surface area contributed by atoms with E-state index in [2.05, 4.69) is 16.3 Å². The van der Waals surface area contributed by atoms with Gasteiger partial charge in [0.15, 0.2) is 0 Å². The summed E-state index contributed by atoms with van der Waals surface area (Å²) in [6.45, 7) is 5.46. The van der Waals surface area contributed by atoms with Crippen LogP contribution in [0.5, 0.6) is 0 Å². The Morgan fingerprint density at radius 1 is 1.71 bits per heavy atom. The molecule has 0 saturated carbocycles. The first-order valence-corrected chi connectivity index (χ1v) is 5.71. The molecular formula is C12H16ClN3O. The van der Waals surface area contributed by atoms with Gasteiger partial charge in [-0.15, -0.1) is 6.42 Å². The van der Waals surface area contributed by atoms with Crippen LogP contribution in [0.3, 0.4) is 0 Å². The van der Waals surface area contributed by atoms with Gasteiger partial charge in [-0.05, 0) is 20.3 Å². The second kappa shape index (κ2) is 4.80. The SMILES string of the molecule is C#CC(C)(CC)NC(=O)c1c(Cl)c(C)nn1C. The molecule has 5 heteroatoms. The van der Waals surface area contributed by atoms with Crippen LogP contribution < -0.4 is 5.32 Å². The molecule has 0 aliphatic carbocycles. The maximum atomic E-state index is 12.1. The summed E-state index contributed by atoms with van der Waals surface area (Å²) in [5.74, 6) is 2.26. The Kier molecular flexibility index (Phi) is 3.84. The molecule has 17 heavy (non-hydrogen) atoms. The van der Waals surface area contributed by atoms with E-state index in [0.717, 1.165) is 0 Å². The van der Waals surface area contributed by atoms with Crippen LogP contribution in [-0.4, -0.2) is 21.2 Å². The van der Waals surface area contributed by atoms with Crippen molar-refractivity contribution in [3.05, 3.63) is 16.4 Å². The monoisotopic (exact) mass is 253 g/mol. The molecule has 1 unspecified atom stereocenters. The second-order valence-corrected chi connectivity index (χ2v) is 4.53. The van der Waals surface area contributed by atoms with E-state index in [4.69, 9.17) is 18.0 Å². The number of nitrogens with zero attached hydrogens (tertiary/aromatic N) is 2. The zero-order chi connectivity index (χ0) is 13.2. The molecule has 1 amide bonds. The average molecular weight is 254 g/mol. The lowest BCUT2D eigenvalue weighted by Gasteiger charge is -2.23. The number of halogens is 1. The highest BCUT2D eigenvalue weighted by Crippen LogP contribution is 2.20. The van der Waals surface area contributed by atoms with Crippen LogP contribution in [0.1, 0.15) is 36.5 Å². The smallest absolute Gasteiger partial charge is 0.272 e. The van der Waals surface area contributed by atoms with E-state index in [1.165, 1.54) is 4.68 Å². The van der Waals surface area contributed by atoms with E-state index in [0.29, 0.717) is 22.8 Å². The molecule has 1 N–H and O–H groups in total. The van der Waals surface area contributed by atoms with Crippen LogP contribution in [0.15, 0.2) is 0 Å². The van der Waals surface area contributed by atoms with Gasteiger partial charge in [0.1, 0.15) is 5.69 Å². The predicted molar refractivity (Wildman–Crippen MR) is 68.0 cm³/mol. The maximum absolute atomic E-state index is 12.1. The molecule has 0 radical (unpaired) electrons. The summed E-state index contributed by atoms with van der Waals surface area (Å²) < 4.78 is 1.46. The fourth-order valence-electron chi connectivity index (χ4n) is 1.42. The zero-order valence-corrected chi connectivity index (χ0v) is 11.2. The average Bonchev–Trinajstić information content (AvgIpc) is 2.53. The third-order valence-electron chi connectivity index (χ3n) is 2.78. The topological polar surface area (TPSA) is 46.9 Å². The second-order valence-electron chi connectivity index (χ2n) is 4.16. The number of nitrogens with one attached hydrogen (secondary N) is 1. The number of hydrogen-bond acceptors (Lipinski definition) is 2. The van der Waals surface area contributed by atoms with Gasteiger partial charge in [0, 0.05) is 7.05 Å². The summed E-state index contributed by atoms with van der Waals surface area (Å²) in [6, 6.07) is 0. The van der Waals surface area contributed by atoms with Gasteiger partial charge in [0.25, 0.3) is 5.91 Å². The van der Waals surface area contributed by atoms with Crippen molar-refractivity contribution in [3.63, 3.8) is 0 Å². The van der Waals surface area contributed by atoms with Crippen LogP contribution in [-0.2, 0) is 7.05 Å². The van der Waals surface area contributed by atoms with Crippen molar-refractivity contribution in [2.24, 2.45) is 7.05 Å². The van der Waals surface area contributed by atoms with Crippen LogP contribution in [0.2, 0.25) is 5.02 Å². The molecule has 0 fully saturated rings. The third kappa shape index (κ3) is 2.62. The van der Waals surface area contributed by atoms with Crippen molar-refractivity contribution in [3.8, 4) is 12.3 Å². The fourth-order valence-corrected chi connectivity index (χ4v) is 1.66. The molecule has 4 nitrogen and oxygen atoms in total. The predicted octanol–water partition coefficient (Wildman–Crippen LogP) is 1.91.